The molecule has 1 unspecified atom stereocenters. The second-order valence-corrected chi connectivity index (χ2v) is 7.46. The number of ketones is 1. The van der Waals surface area contributed by atoms with Crippen molar-refractivity contribution in [3.63, 3.8) is 0 Å². The van der Waals surface area contributed by atoms with E-state index in [2.05, 4.69) is 31.9 Å². The third kappa shape index (κ3) is 3.81. The number of benzene rings is 2. The van der Waals surface area contributed by atoms with Gasteiger partial charge in [-0.05, 0) is 44.0 Å². The summed E-state index contributed by atoms with van der Waals surface area (Å²) in [6.07, 6.45) is -1.71. The van der Waals surface area contributed by atoms with Gasteiger partial charge in [-0.15, -0.1) is 0 Å². The van der Waals surface area contributed by atoms with E-state index in [0.29, 0.717) is 0 Å². The van der Waals surface area contributed by atoms with Gasteiger partial charge in [0.15, 0.2) is 17.1 Å². The lowest BCUT2D eigenvalue weighted by atomic mass is 9.97. The molecule has 2 aromatic carbocycles. The number of furan rings is 1. The first-order valence-electron chi connectivity index (χ1n) is 8.53. The number of phenolic OH excluding ortho intramolecular Hbond substituents is 5. The number of rotatable bonds is 4. The lowest BCUT2D eigenvalue weighted by Crippen LogP contribution is -2.09. The lowest BCUT2D eigenvalue weighted by Gasteiger charge is -2.09. The van der Waals surface area contributed by atoms with Gasteiger partial charge >= 0.3 is 0 Å². The Morgan fingerprint density at radius 1 is 0.933 bits per heavy atom. The van der Waals surface area contributed by atoms with Gasteiger partial charge in [0.1, 0.15) is 17.6 Å². The van der Waals surface area contributed by atoms with E-state index in [1.54, 1.807) is 0 Å². The second kappa shape index (κ2) is 9.13. The number of aliphatic hydroxyl groups is 2. The number of halogens is 2. The van der Waals surface area contributed by atoms with Crippen molar-refractivity contribution in [2.45, 2.75) is 20.0 Å². The molecule has 0 saturated carbocycles. The molecule has 0 aliphatic rings. The fourth-order valence-electron chi connectivity index (χ4n) is 2.68. The van der Waals surface area contributed by atoms with E-state index in [1.165, 1.54) is 12.1 Å². The van der Waals surface area contributed by atoms with Crippen LogP contribution in [0.3, 0.4) is 0 Å². The van der Waals surface area contributed by atoms with Crippen LogP contribution < -0.4 is 0 Å². The Hall–Kier alpha value is -2.47. The van der Waals surface area contributed by atoms with Crippen molar-refractivity contribution in [2.24, 2.45) is 0 Å². The zero-order chi connectivity index (χ0) is 22.9. The van der Waals surface area contributed by atoms with Crippen LogP contribution in [0.25, 0.3) is 11.0 Å². The highest BCUT2D eigenvalue weighted by atomic mass is 79.9. The van der Waals surface area contributed by atoms with E-state index in [9.17, 15) is 40.5 Å². The van der Waals surface area contributed by atoms with Crippen LogP contribution in [0.15, 0.2) is 25.5 Å². The van der Waals surface area contributed by atoms with Crippen LogP contribution in [0.5, 0.6) is 28.7 Å². The van der Waals surface area contributed by atoms with E-state index in [4.69, 9.17) is 4.42 Å². The van der Waals surface area contributed by atoms with Crippen LogP contribution in [0.4, 0.5) is 0 Å². The molecule has 1 aromatic heterocycles. The Kier molecular flexibility index (Phi) is 7.24. The molecule has 3 aromatic rings. The van der Waals surface area contributed by atoms with E-state index < -0.39 is 63.8 Å². The maximum Gasteiger partial charge on any atom is 0.208 e. The molecular formula is C19H18Br2O9. The largest absolute Gasteiger partial charge is 0.506 e. The van der Waals surface area contributed by atoms with Crippen LogP contribution in [0.2, 0.25) is 0 Å². The Morgan fingerprint density at radius 2 is 1.43 bits per heavy atom. The van der Waals surface area contributed by atoms with Gasteiger partial charge in [0.2, 0.25) is 17.2 Å². The van der Waals surface area contributed by atoms with Crippen molar-refractivity contribution in [2.75, 3.05) is 6.61 Å². The first kappa shape index (κ1) is 23.8. The molecule has 0 spiro atoms. The van der Waals surface area contributed by atoms with Crippen molar-refractivity contribution >= 4 is 48.6 Å². The Labute approximate surface area is 186 Å². The molecule has 9 nitrogen and oxygen atoms in total. The van der Waals surface area contributed by atoms with Crippen LogP contribution in [0, 0.1) is 0 Å². The van der Waals surface area contributed by atoms with E-state index in [-0.39, 0.29) is 20.3 Å². The van der Waals surface area contributed by atoms with Gasteiger partial charge < -0.3 is 40.2 Å². The Bertz CT molecular complexity index is 1100. The minimum Gasteiger partial charge on any atom is -0.506 e. The van der Waals surface area contributed by atoms with Crippen molar-refractivity contribution in [3.05, 3.63) is 38.0 Å². The number of hydrogen-bond acceptors (Lipinski definition) is 9. The maximum absolute atomic E-state index is 13.1. The molecule has 3 rings (SSSR count). The fraction of sp³-hybridized carbons (Fsp3) is 0.211. The van der Waals surface area contributed by atoms with Crippen LogP contribution in [-0.4, -0.2) is 48.1 Å². The number of carbonyl (C=O) groups is 1. The number of hydrogen-bond donors (Lipinski definition) is 7. The van der Waals surface area contributed by atoms with Gasteiger partial charge in [-0.25, -0.2) is 0 Å². The topological polar surface area (TPSA) is 172 Å². The average molecular weight is 550 g/mol. The van der Waals surface area contributed by atoms with Crippen molar-refractivity contribution in [3.8, 4) is 28.7 Å². The van der Waals surface area contributed by atoms with Crippen molar-refractivity contribution < 1.29 is 45.0 Å². The molecule has 0 radical (unpaired) electrons. The highest BCUT2D eigenvalue weighted by Crippen LogP contribution is 2.52. The van der Waals surface area contributed by atoms with Crippen LogP contribution >= 0.6 is 31.9 Å². The average Bonchev–Trinajstić information content (AvgIpc) is 3.15. The first-order chi connectivity index (χ1) is 14.1. The van der Waals surface area contributed by atoms with Gasteiger partial charge in [-0.3, -0.25) is 4.79 Å². The summed E-state index contributed by atoms with van der Waals surface area (Å²) in [7, 11) is 0. The number of carbonyl (C=O) groups excluding carboxylic acids is 1. The lowest BCUT2D eigenvalue weighted by molar-refractivity contribution is 0.0767. The molecule has 0 saturated heterocycles. The van der Waals surface area contributed by atoms with E-state index in [0.717, 1.165) is 0 Å². The number of phenols is 5. The number of fused-ring (bicyclic) bond motifs is 1. The van der Waals surface area contributed by atoms with Gasteiger partial charge in [-0.2, -0.15) is 0 Å². The summed E-state index contributed by atoms with van der Waals surface area (Å²) in [4.78, 5) is 13.1. The normalized spacial score (nSPS) is 11.8. The maximum atomic E-state index is 13.1. The molecule has 0 fully saturated rings. The summed E-state index contributed by atoms with van der Waals surface area (Å²) < 4.78 is 5.57. The SMILES string of the molecule is CC.O=C(c1cc(Br)c(O)c(Br)c1)c1c(C(O)CO)oc2c(O)c(O)c(O)c(O)c12. The summed E-state index contributed by atoms with van der Waals surface area (Å²) in [5.41, 5.74) is -1.06. The summed E-state index contributed by atoms with van der Waals surface area (Å²) in [6, 6.07) is 2.51. The molecular weight excluding hydrogens is 532 g/mol. The Morgan fingerprint density at radius 3 is 1.93 bits per heavy atom. The highest BCUT2D eigenvalue weighted by Gasteiger charge is 2.33. The van der Waals surface area contributed by atoms with Gasteiger partial charge in [0.25, 0.3) is 0 Å². The molecule has 1 atom stereocenters. The third-order valence-corrected chi connectivity index (χ3v) is 5.25. The summed E-state index contributed by atoms with van der Waals surface area (Å²) >= 11 is 6.16. The molecule has 0 aliphatic heterocycles. The molecule has 0 aliphatic carbocycles. The predicted molar refractivity (Wildman–Crippen MR) is 113 cm³/mol. The van der Waals surface area contributed by atoms with Crippen molar-refractivity contribution in [1.29, 1.82) is 0 Å². The predicted octanol–water partition coefficient (Wildman–Crippen LogP) is 3.77. The highest BCUT2D eigenvalue weighted by molar-refractivity contribution is 9.11. The zero-order valence-corrected chi connectivity index (χ0v) is 18.8. The molecule has 0 amide bonds. The standard InChI is InChI=1S/C17H12Br2O9.C2H6/c18-5-1-4(2-6(19)11(5)23)10(22)8-9-12(24)13(25)14(26)15(27)17(9)28-16(8)7(21)3-20;1-2/h1-2,7,20-21,23-27H,3H2;1-2H3. The third-order valence-electron chi connectivity index (χ3n) is 4.04. The molecule has 1 heterocycles. The first-order valence-corrected chi connectivity index (χ1v) is 10.1. The van der Waals surface area contributed by atoms with Crippen LogP contribution in [-0.2, 0) is 0 Å². The summed E-state index contributed by atoms with van der Waals surface area (Å²) in [5, 5.41) is 68.4. The van der Waals surface area contributed by atoms with E-state index >= 15 is 0 Å². The Balaban J connectivity index is 0.00000155. The van der Waals surface area contributed by atoms with Gasteiger partial charge in [-0.1, -0.05) is 13.8 Å². The monoisotopic (exact) mass is 548 g/mol. The van der Waals surface area contributed by atoms with Gasteiger partial charge in [0.05, 0.1) is 26.5 Å². The zero-order valence-electron chi connectivity index (χ0n) is 15.6. The second-order valence-electron chi connectivity index (χ2n) is 5.76. The molecule has 7 N–H and O–H groups in total. The molecule has 162 valence electrons. The number of aliphatic hydroxyl groups excluding tert-OH is 2. The minimum absolute atomic E-state index is 0.0305. The van der Waals surface area contributed by atoms with E-state index in [1.807, 2.05) is 13.8 Å². The van der Waals surface area contributed by atoms with Crippen molar-refractivity contribution in [1.82, 2.24) is 0 Å². The quantitative estimate of drug-likeness (QED) is 0.145. The van der Waals surface area contributed by atoms with Crippen LogP contribution in [0.1, 0.15) is 41.6 Å². The number of aromatic hydroxyl groups is 5. The minimum atomic E-state index is -1.71. The fourth-order valence-corrected chi connectivity index (χ4v) is 3.86. The molecule has 0 bridgehead atoms. The smallest absolute Gasteiger partial charge is 0.208 e. The molecule has 30 heavy (non-hydrogen) atoms. The van der Waals surface area contributed by atoms with Gasteiger partial charge in [0, 0.05) is 5.56 Å². The summed E-state index contributed by atoms with van der Waals surface area (Å²) in [5.74, 6) is -5.63. The summed E-state index contributed by atoms with van der Waals surface area (Å²) in [6.45, 7) is 3.14. The molecule has 11 heteroatoms.